The van der Waals surface area contributed by atoms with Crippen molar-refractivity contribution in [1.29, 1.82) is 36.8 Å². The highest BCUT2D eigenvalue weighted by molar-refractivity contribution is 6.13. The average Bonchev–Trinajstić information content (AvgIpc) is 3.77. The molecular formula is C32H6F9N9. The summed E-state index contributed by atoms with van der Waals surface area (Å²) in [4.78, 5) is 7.29. The van der Waals surface area contributed by atoms with Crippen LogP contribution in [0.1, 0.15) is 55.6 Å². The molecule has 242 valence electrons. The highest BCUT2D eigenvalue weighted by Gasteiger charge is 2.49. The first kappa shape index (κ1) is 35.4. The van der Waals surface area contributed by atoms with Crippen molar-refractivity contribution in [3.8, 4) is 42.5 Å². The molecule has 2 heterocycles. The normalized spacial score (nSPS) is 15.5. The molecule has 1 fully saturated rings. The summed E-state index contributed by atoms with van der Waals surface area (Å²) < 4.78 is 127. The van der Waals surface area contributed by atoms with E-state index < -0.39 is 120 Å². The summed E-state index contributed by atoms with van der Waals surface area (Å²) in [7, 11) is 0. The Kier molecular flexibility index (Phi) is 8.94. The number of hydrogen-bond acceptors (Lipinski definition) is 9. The van der Waals surface area contributed by atoms with Crippen molar-refractivity contribution in [2.45, 2.75) is 18.5 Å². The van der Waals surface area contributed by atoms with Crippen LogP contribution in [0.4, 0.5) is 39.5 Å². The molecule has 0 atom stereocenters. The fourth-order valence-electron chi connectivity index (χ4n) is 4.97. The Bertz CT molecular complexity index is 2200. The summed E-state index contributed by atoms with van der Waals surface area (Å²) in [5, 5.41) is 69.4. The molecule has 0 amide bonds. The Morgan fingerprint density at radius 3 is 0.940 bits per heavy atom. The third-order valence-electron chi connectivity index (χ3n) is 6.97. The van der Waals surface area contributed by atoms with E-state index in [4.69, 9.17) is 0 Å². The number of hydrogen-bond donors (Lipinski definition) is 0. The minimum atomic E-state index is -5.97. The molecule has 1 saturated carbocycles. The van der Waals surface area contributed by atoms with Crippen LogP contribution in [-0.4, -0.2) is 9.97 Å². The van der Waals surface area contributed by atoms with Crippen molar-refractivity contribution in [3.05, 3.63) is 109 Å². The van der Waals surface area contributed by atoms with Gasteiger partial charge in [0, 0.05) is 58.2 Å². The topological polar surface area (TPSA) is 192 Å². The summed E-state index contributed by atoms with van der Waals surface area (Å²) in [5.41, 5.74) is -18.8. The number of nitriles is 7. The van der Waals surface area contributed by atoms with Gasteiger partial charge in [-0.05, 0) is 12.1 Å². The minimum absolute atomic E-state index is 0.531. The summed E-state index contributed by atoms with van der Waals surface area (Å²) >= 11 is 0. The molecule has 0 aliphatic heterocycles. The highest BCUT2D eigenvalue weighted by atomic mass is 19.4. The van der Waals surface area contributed by atoms with E-state index >= 15 is 0 Å². The van der Waals surface area contributed by atoms with E-state index in [1.807, 2.05) is 0 Å². The Hall–Kier alpha value is -7.46. The smallest absolute Gasteiger partial charge is 0.262 e. The molecule has 1 aromatic carbocycles. The van der Waals surface area contributed by atoms with Gasteiger partial charge in [0.15, 0.2) is 0 Å². The Balaban J connectivity index is 2.43. The van der Waals surface area contributed by atoms with Crippen molar-refractivity contribution in [2.75, 3.05) is 0 Å². The van der Waals surface area contributed by atoms with Crippen molar-refractivity contribution >= 4 is 16.7 Å². The zero-order valence-electron chi connectivity index (χ0n) is 23.9. The van der Waals surface area contributed by atoms with Gasteiger partial charge in [0.25, 0.3) is 0 Å². The maximum atomic E-state index is 14.4. The van der Waals surface area contributed by atoms with Crippen LogP contribution in [0.25, 0.3) is 16.7 Å². The summed E-state index contributed by atoms with van der Waals surface area (Å²) in [6.07, 6.45) is -14.3. The van der Waals surface area contributed by atoms with Gasteiger partial charge in [0.1, 0.15) is 42.5 Å². The lowest BCUT2D eigenvalue weighted by Gasteiger charge is -2.21. The summed E-state index contributed by atoms with van der Waals surface area (Å²) in [6.45, 7) is 0. The van der Waals surface area contributed by atoms with E-state index in [0.29, 0.717) is 0 Å². The zero-order valence-corrected chi connectivity index (χ0v) is 23.9. The zero-order chi connectivity index (χ0) is 37.3. The van der Waals surface area contributed by atoms with Crippen LogP contribution in [0.15, 0.2) is 53.6 Å². The monoisotopic (exact) mass is 687 g/mol. The van der Waals surface area contributed by atoms with Crippen molar-refractivity contribution < 1.29 is 39.5 Å². The maximum Gasteiger partial charge on any atom is 0.417 e. The largest absolute Gasteiger partial charge is 0.417 e. The molecule has 0 N–H and O–H groups in total. The molecule has 0 unspecified atom stereocenters. The molecule has 0 radical (unpaired) electrons. The van der Waals surface area contributed by atoms with E-state index in [2.05, 4.69) is 9.97 Å². The number of allylic oxidation sites excluding steroid dienone is 6. The van der Waals surface area contributed by atoms with E-state index in [1.54, 1.807) is 36.4 Å². The molecule has 0 bridgehead atoms. The lowest BCUT2D eigenvalue weighted by molar-refractivity contribution is -0.148. The van der Waals surface area contributed by atoms with Crippen molar-refractivity contribution in [2.24, 2.45) is 0 Å². The quantitative estimate of drug-likeness (QED) is 0.201. The molecule has 2 aromatic heterocycles. The van der Waals surface area contributed by atoms with Gasteiger partial charge in [0.05, 0.1) is 55.7 Å². The fraction of sp³-hybridized carbons (Fsp3) is 0.0938. The molecule has 4 rings (SSSR count). The first-order chi connectivity index (χ1) is 23.4. The second-order valence-corrected chi connectivity index (χ2v) is 9.69. The molecule has 3 aromatic rings. The standard InChI is InChI=1S/C32H6F9N9/c33-30(34,35)18-1-22(31(36,37)38)26(23(2-18)32(39,40)41)21(9-48)29-27(19(7-46)24-14(3-42)10-49-11-15(24)4-43)28(29)20(8-47)25-16(5-44)12-50-13-17(25)6-45/h1-2,10-13H/b27-19-,28-20+,29-21?. The Morgan fingerprint density at radius 1 is 0.440 bits per heavy atom. The number of benzene rings is 1. The minimum Gasteiger partial charge on any atom is -0.262 e. The third-order valence-corrected chi connectivity index (χ3v) is 6.97. The van der Waals surface area contributed by atoms with E-state index in [9.17, 15) is 76.3 Å². The van der Waals surface area contributed by atoms with Crippen LogP contribution in [-0.2, 0) is 18.5 Å². The van der Waals surface area contributed by atoms with Crippen LogP contribution in [0.3, 0.4) is 0 Å². The number of nitrogens with zero attached hydrogens (tertiary/aromatic N) is 9. The predicted molar refractivity (Wildman–Crippen MR) is 146 cm³/mol. The number of alkyl halides is 9. The van der Waals surface area contributed by atoms with Crippen LogP contribution in [0, 0.1) is 79.3 Å². The molecule has 18 heteroatoms. The fourth-order valence-corrected chi connectivity index (χ4v) is 4.97. The number of rotatable bonds is 3. The molecule has 50 heavy (non-hydrogen) atoms. The molecule has 9 nitrogen and oxygen atoms in total. The summed E-state index contributed by atoms with van der Waals surface area (Å²) in [6, 6.07) is 9.34. The van der Waals surface area contributed by atoms with Crippen LogP contribution < -0.4 is 0 Å². The van der Waals surface area contributed by atoms with E-state index in [-0.39, 0.29) is 0 Å². The average molecular weight is 687 g/mol. The number of halogens is 9. The van der Waals surface area contributed by atoms with Gasteiger partial charge in [-0.15, -0.1) is 0 Å². The number of pyridine rings is 2. The predicted octanol–water partition coefficient (Wildman–Crippen LogP) is 7.27. The lowest BCUT2D eigenvalue weighted by atomic mass is 9.90. The SMILES string of the molecule is N#CC(=C1C(=C(\C#N)c2c(C#N)cncc2C#N)/C1=C(\C#N)c1c(C#N)cncc1C#N)c1c(C(F)(F)F)cc(C(F)(F)F)cc1C(F)(F)F. The number of aromatic nitrogens is 2. The first-order valence-corrected chi connectivity index (χ1v) is 12.9. The van der Waals surface area contributed by atoms with E-state index in [0.717, 1.165) is 30.9 Å². The summed E-state index contributed by atoms with van der Waals surface area (Å²) in [5.74, 6) is 0. The van der Waals surface area contributed by atoms with Gasteiger partial charge in [-0.1, -0.05) is 0 Å². The Labute approximate surface area is 273 Å². The molecule has 0 saturated heterocycles. The van der Waals surface area contributed by atoms with Gasteiger partial charge >= 0.3 is 18.5 Å². The lowest BCUT2D eigenvalue weighted by Crippen LogP contribution is -2.19. The molecule has 1 aliphatic rings. The second kappa shape index (κ2) is 12.6. The first-order valence-electron chi connectivity index (χ1n) is 12.9. The second-order valence-electron chi connectivity index (χ2n) is 9.69. The highest BCUT2D eigenvalue weighted by Crippen LogP contribution is 2.58. The maximum absolute atomic E-state index is 14.4. The van der Waals surface area contributed by atoms with Gasteiger partial charge < -0.3 is 0 Å². The molecule has 1 aliphatic carbocycles. The van der Waals surface area contributed by atoms with Gasteiger partial charge in [-0.25, -0.2) is 0 Å². The van der Waals surface area contributed by atoms with E-state index in [1.165, 1.54) is 0 Å². The third kappa shape index (κ3) is 6.03. The van der Waals surface area contributed by atoms with Gasteiger partial charge in [-0.3, -0.25) is 9.97 Å². The van der Waals surface area contributed by atoms with Gasteiger partial charge in [-0.2, -0.15) is 76.3 Å². The van der Waals surface area contributed by atoms with Crippen LogP contribution in [0.5, 0.6) is 0 Å². The van der Waals surface area contributed by atoms with Crippen molar-refractivity contribution in [3.63, 3.8) is 0 Å². The molecule has 0 spiro atoms. The van der Waals surface area contributed by atoms with Gasteiger partial charge in [0.2, 0.25) is 0 Å². The van der Waals surface area contributed by atoms with Crippen molar-refractivity contribution in [1.82, 2.24) is 9.97 Å². The molecular weight excluding hydrogens is 681 g/mol. The Morgan fingerprint density at radius 2 is 0.720 bits per heavy atom. The van der Waals surface area contributed by atoms with Crippen LogP contribution in [0.2, 0.25) is 0 Å². The van der Waals surface area contributed by atoms with Crippen LogP contribution >= 0.6 is 0 Å².